The molecule has 0 aliphatic heterocycles. The molecule has 0 bridgehead atoms. The van der Waals surface area contributed by atoms with Gasteiger partial charge in [0.05, 0.1) is 5.56 Å². The van der Waals surface area contributed by atoms with E-state index in [1.165, 1.54) is 0 Å². The second kappa shape index (κ2) is 8.01. The monoisotopic (exact) mass is 367 g/mol. The molecule has 0 spiro atoms. The number of para-hydroxylation sites is 1. The van der Waals surface area contributed by atoms with Gasteiger partial charge in [-0.05, 0) is 6.07 Å². The zero-order chi connectivity index (χ0) is 13.9. The van der Waals surface area contributed by atoms with E-state index in [2.05, 4.69) is 16.4 Å². The number of Topliss-reactive ketones (excluding diaryl/α,β-unsaturated/α-hetero) is 1. The molecule has 0 saturated carbocycles. The molecule has 1 amide bonds. The molecule has 3 rings (SSSR count). The van der Waals surface area contributed by atoms with Gasteiger partial charge in [0.25, 0.3) is 11.7 Å². The van der Waals surface area contributed by atoms with Crippen LogP contribution in [0.15, 0.2) is 54.7 Å². The summed E-state index contributed by atoms with van der Waals surface area (Å²) in [4.78, 5) is 27.1. The van der Waals surface area contributed by atoms with Crippen molar-refractivity contribution in [3.05, 3.63) is 73.8 Å². The number of carbonyl (C=O) groups excluding carboxylic acids is 2. The first-order valence-electron chi connectivity index (χ1n) is 6.13. The molecule has 0 atom stereocenters. The predicted octanol–water partition coefficient (Wildman–Crippen LogP) is 3.24. The van der Waals surface area contributed by atoms with Crippen molar-refractivity contribution in [3.8, 4) is 0 Å². The van der Waals surface area contributed by atoms with E-state index < -0.39 is 11.7 Å². The number of amides is 1. The number of carbonyl (C=O) groups is 2. The standard InChI is InChI=1S/C16H11N2O2.CH3.Y/c19-15(16(20)18-11-6-2-1-3-7-11)13-10-17-14-9-5-4-8-12(13)14;;/h1-2,4-10,17H,(H,18,20);1H3;/q2*-1;. The van der Waals surface area contributed by atoms with Crippen LogP contribution in [0.25, 0.3) is 10.9 Å². The predicted molar refractivity (Wildman–Crippen MR) is 83.0 cm³/mol. The Balaban J connectivity index is 0.00000121. The molecule has 109 valence electrons. The number of fused-ring (bicyclic) bond motifs is 1. The second-order valence-corrected chi connectivity index (χ2v) is 4.32. The summed E-state index contributed by atoms with van der Waals surface area (Å²) in [5.41, 5.74) is 1.75. The number of anilines is 1. The Morgan fingerprint density at radius 2 is 1.86 bits per heavy atom. The number of H-pyrrole nitrogens is 1. The molecule has 22 heavy (non-hydrogen) atoms. The Morgan fingerprint density at radius 3 is 2.59 bits per heavy atom. The number of ketones is 1. The Hall–Kier alpha value is -1.78. The normalized spacial score (nSPS) is 9.45. The van der Waals surface area contributed by atoms with Gasteiger partial charge in [-0.2, -0.15) is 24.3 Å². The van der Waals surface area contributed by atoms with Crippen molar-refractivity contribution in [2.24, 2.45) is 0 Å². The van der Waals surface area contributed by atoms with Crippen LogP contribution in [-0.2, 0) is 37.5 Å². The fraction of sp³-hybridized carbons (Fsp3) is 0. The van der Waals surface area contributed by atoms with Crippen molar-refractivity contribution in [1.29, 1.82) is 0 Å². The molecular weight excluding hydrogens is 353 g/mol. The fourth-order valence-corrected chi connectivity index (χ4v) is 2.04. The van der Waals surface area contributed by atoms with E-state index in [1.54, 1.807) is 30.5 Å². The summed E-state index contributed by atoms with van der Waals surface area (Å²) in [6, 6.07) is 17.0. The SMILES string of the molecule is O=C(Nc1c[c-]ccc1)C(=O)c1c[nH]c2ccccc12.[CH3-].[Y]. The van der Waals surface area contributed by atoms with Crippen LogP contribution in [0.5, 0.6) is 0 Å². The zero-order valence-electron chi connectivity index (χ0n) is 12.1. The van der Waals surface area contributed by atoms with E-state index in [9.17, 15) is 9.59 Å². The maximum atomic E-state index is 12.2. The third-order valence-electron chi connectivity index (χ3n) is 3.01. The number of aromatic nitrogens is 1. The molecule has 1 radical (unpaired) electrons. The summed E-state index contributed by atoms with van der Waals surface area (Å²) in [7, 11) is 0. The Bertz CT molecular complexity index is 781. The number of hydrogen-bond donors (Lipinski definition) is 2. The Morgan fingerprint density at radius 1 is 1.09 bits per heavy atom. The van der Waals surface area contributed by atoms with Crippen LogP contribution in [0, 0.1) is 13.5 Å². The van der Waals surface area contributed by atoms with Crippen molar-refractivity contribution < 1.29 is 42.3 Å². The van der Waals surface area contributed by atoms with Gasteiger partial charge in [-0.25, -0.2) is 0 Å². The van der Waals surface area contributed by atoms with Crippen molar-refractivity contribution in [1.82, 2.24) is 4.98 Å². The number of hydrogen-bond acceptors (Lipinski definition) is 2. The topological polar surface area (TPSA) is 62.0 Å². The molecule has 5 heteroatoms. The van der Waals surface area contributed by atoms with Gasteiger partial charge in [0.2, 0.25) is 0 Å². The van der Waals surface area contributed by atoms with Gasteiger partial charge in [-0.1, -0.05) is 23.9 Å². The summed E-state index contributed by atoms with van der Waals surface area (Å²) in [6.45, 7) is 0. The average molecular weight is 367 g/mol. The number of rotatable bonds is 3. The Kier molecular flexibility index (Phi) is 6.66. The van der Waals surface area contributed by atoms with Crippen LogP contribution in [-0.4, -0.2) is 16.7 Å². The third-order valence-corrected chi connectivity index (χ3v) is 3.01. The van der Waals surface area contributed by atoms with Crippen LogP contribution < -0.4 is 5.32 Å². The van der Waals surface area contributed by atoms with Gasteiger partial charge in [0.1, 0.15) is 0 Å². The first-order valence-corrected chi connectivity index (χ1v) is 6.13. The summed E-state index contributed by atoms with van der Waals surface area (Å²) < 4.78 is 0. The molecule has 1 heterocycles. The van der Waals surface area contributed by atoms with Crippen molar-refractivity contribution in [2.45, 2.75) is 0 Å². The van der Waals surface area contributed by atoms with Crippen LogP contribution >= 0.6 is 0 Å². The molecule has 0 fully saturated rings. The van der Waals surface area contributed by atoms with Crippen molar-refractivity contribution in [2.75, 3.05) is 5.32 Å². The van der Waals surface area contributed by atoms with Gasteiger partial charge in [-0.15, -0.1) is 6.07 Å². The van der Waals surface area contributed by atoms with E-state index >= 15 is 0 Å². The van der Waals surface area contributed by atoms with E-state index in [0.29, 0.717) is 11.3 Å². The van der Waals surface area contributed by atoms with Crippen LogP contribution in [0.3, 0.4) is 0 Å². The van der Waals surface area contributed by atoms with Gasteiger partial charge in [0, 0.05) is 49.8 Å². The Labute approximate surface area is 154 Å². The molecule has 2 aromatic carbocycles. The second-order valence-electron chi connectivity index (χ2n) is 4.32. The maximum Gasteiger partial charge on any atom is 0.286 e. The molecule has 4 nitrogen and oxygen atoms in total. The summed E-state index contributed by atoms with van der Waals surface area (Å²) >= 11 is 0. The smallest absolute Gasteiger partial charge is 0.286 e. The number of benzene rings is 2. The van der Waals surface area contributed by atoms with Crippen LogP contribution in [0.2, 0.25) is 0 Å². The quantitative estimate of drug-likeness (QED) is 0.424. The van der Waals surface area contributed by atoms with Crippen molar-refractivity contribution in [3.63, 3.8) is 0 Å². The molecule has 0 saturated heterocycles. The van der Waals surface area contributed by atoms with E-state index in [4.69, 9.17) is 0 Å². The van der Waals surface area contributed by atoms with Crippen molar-refractivity contribution >= 4 is 28.3 Å². The van der Waals surface area contributed by atoms with E-state index in [0.717, 1.165) is 10.9 Å². The molecule has 3 aromatic rings. The average Bonchev–Trinajstić information content (AvgIpc) is 2.91. The first-order chi connectivity index (χ1) is 9.75. The van der Waals surface area contributed by atoms with Gasteiger partial charge >= 0.3 is 0 Å². The van der Waals surface area contributed by atoms with Crippen LogP contribution in [0.1, 0.15) is 10.4 Å². The minimum atomic E-state index is -0.658. The maximum absolute atomic E-state index is 12.2. The number of nitrogens with one attached hydrogen (secondary N) is 2. The zero-order valence-corrected chi connectivity index (χ0v) is 14.9. The minimum absolute atomic E-state index is 0. The van der Waals surface area contributed by atoms with Gasteiger partial charge < -0.3 is 17.7 Å². The largest absolute Gasteiger partial charge is 0.373 e. The molecular formula is C17H14N2O2Y-2. The van der Waals surface area contributed by atoms with E-state index in [1.807, 2.05) is 24.3 Å². The minimum Gasteiger partial charge on any atom is -0.373 e. The first kappa shape index (κ1) is 18.3. The molecule has 0 aliphatic rings. The molecule has 1 aromatic heterocycles. The van der Waals surface area contributed by atoms with Crippen LogP contribution in [0.4, 0.5) is 5.69 Å². The van der Waals surface area contributed by atoms with E-state index in [-0.39, 0.29) is 40.1 Å². The molecule has 2 N–H and O–H groups in total. The summed E-state index contributed by atoms with van der Waals surface area (Å²) in [6.07, 6.45) is 1.56. The van der Waals surface area contributed by atoms with Gasteiger partial charge in [0.15, 0.2) is 0 Å². The summed E-state index contributed by atoms with van der Waals surface area (Å²) in [5, 5.41) is 3.30. The third kappa shape index (κ3) is 3.70. The van der Waals surface area contributed by atoms with Gasteiger partial charge in [-0.3, -0.25) is 9.59 Å². The summed E-state index contributed by atoms with van der Waals surface area (Å²) in [5.74, 6) is -1.22. The number of aromatic amines is 1. The molecule has 0 unspecified atom stereocenters. The fourth-order valence-electron chi connectivity index (χ4n) is 2.04. The molecule has 0 aliphatic carbocycles.